The molecule has 0 aromatic heterocycles. The van der Waals surface area contributed by atoms with Crippen molar-refractivity contribution in [2.24, 2.45) is 0 Å². The summed E-state index contributed by atoms with van der Waals surface area (Å²) in [7, 11) is 0. The lowest BCUT2D eigenvalue weighted by molar-refractivity contribution is -0.121. The number of anilines is 1. The van der Waals surface area contributed by atoms with E-state index in [9.17, 15) is 14.7 Å². The molecule has 0 aliphatic carbocycles. The van der Waals surface area contributed by atoms with Crippen LogP contribution in [0.25, 0.3) is 0 Å². The van der Waals surface area contributed by atoms with Gasteiger partial charge in [0, 0.05) is 17.8 Å². The number of nitrogens with one attached hydrogen (secondary N) is 2. The topological polar surface area (TPSA) is 78.4 Å². The number of aliphatic hydroxyl groups is 1. The highest BCUT2D eigenvalue weighted by Crippen LogP contribution is 2.24. The summed E-state index contributed by atoms with van der Waals surface area (Å²) in [4.78, 5) is 24.0. The number of carbonyl (C=O) groups is 2. The third-order valence-corrected chi connectivity index (χ3v) is 3.67. The zero-order valence-electron chi connectivity index (χ0n) is 14.3. The van der Waals surface area contributed by atoms with Crippen molar-refractivity contribution in [3.63, 3.8) is 0 Å². The van der Waals surface area contributed by atoms with Gasteiger partial charge in [0.15, 0.2) is 0 Å². The highest BCUT2D eigenvalue weighted by Gasteiger charge is 2.28. The van der Waals surface area contributed by atoms with E-state index in [1.54, 1.807) is 24.3 Å². The summed E-state index contributed by atoms with van der Waals surface area (Å²) in [6.45, 7) is 6.39. The van der Waals surface area contributed by atoms with Crippen LogP contribution < -0.4 is 10.6 Å². The van der Waals surface area contributed by atoms with Crippen molar-refractivity contribution in [2.45, 2.75) is 58.5 Å². The number of hydrogen-bond donors (Lipinski definition) is 3. The molecule has 0 saturated heterocycles. The standard InChI is InChI=1S/C18H28N2O3/c1-4-10-18(23,11-5-2)13-16(21)20-15-9-7-8-14(12-15)17(22)19-6-3/h7-9,12,23H,4-6,10-11,13H2,1-3H3,(H,19,22)(H,20,21). The molecule has 3 N–H and O–H groups in total. The van der Waals surface area contributed by atoms with Crippen LogP contribution in [-0.2, 0) is 4.79 Å². The van der Waals surface area contributed by atoms with E-state index in [0.29, 0.717) is 30.6 Å². The molecule has 1 aromatic carbocycles. The molecule has 0 heterocycles. The molecule has 1 rings (SSSR count). The second kappa shape index (κ2) is 9.30. The Labute approximate surface area is 138 Å². The second-order valence-corrected chi connectivity index (χ2v) is 5.89. The summed E-state index contributed by atoms with van der Waals surface area (Å²) < 4.78 is 0. The van der Waals surface area contributed by atoms with E-state index in [1.807, 2.05) is 20.8 Å². The van der Waals surface area contributed by atoms with Crippen molar-refractivity contribution in [1.29, 1.82) is 0 Å². The van der Waals surface area contributed by atoms with E-state index < -0.39 is 5.60 Å². The molecule has 0 unspecified atom stereocenters. The average Bonchev–Trinajstić information content (AvgIpc) is 2.47. The number of hydrogen-bond acceptors (Lipinski definition) is 3. The van der Waals surface area contributed by atoms with Crippen molar-refractivity contribution in [3.05, 3.63) is 29.8 Å². The van der Waals surface area contributed by atoms with E-state index in [4.69, 9.17) is 0 Å². The Morgan fingerprint density at radius 1 is 1.13 bits per heavy atom. The minimum absolute atomic E-state index is 0.0695. The van der Waals surface area contributed by atoms with Gasteiger partial charge < -0.3 is 15.7 Å². The Kier molecular flexibility index (Phi) is 7.75. The maximum absolute atomic E-state index is 12.2. The summed E-state index contributed by atoms with van der Waals surface area (Å²) in [5.74, 6) is -0.403. The van der Waals surface area contributed by atoms with Gasteiger partial charge in [0.1, 0.15) is 0 Å². The molecule has 1 aromatic rings. The predicted molar refractivity (Wildman–Crippen MR) is 92.5 cm³/mol. The third kappa shape index (κ3) is 6.40. The molecular weight excluding hydrogens is 292 g/mol. The van der Waals surface area contributed by atoms with Crippen LogP contribution >= 0.6 is 0 Å². The van der Waals surface area contributed by atoms with Crippen molar-refractivity contribution in [2.75, 3.05) is 11.9 Å². The van der Waals surface area contributed by atoms with Crippen molar-refractivity contribution in [3.8, 4) is 0 Å². The van der Waals surface area contributed by atoms with Gasteiger partial charge in [-0.05, 0) is 38.0 Å². The van der Waals surface area contributed by atoms with Crippen LogP contribution in [0.1, 0.15) is 63.2 Å². The maximum atomic E-state index is 12.2. The Morgan fingerprint density at radius 2 is 1.78 bits per heavy atom. The molecule has 0 fully saturated rings. The van der Waals surface area contributed by atoms with Crippen LogP contribution in [0.15, 0.2) is 24.3 Å². The number of amides is 2. The van der Waals surface area contributed by atoms with Crippen molar-refractivity contribution in [1.82, 2.24) is 5.32 Å². The first-order valence-corrected chi connectivity index (χ1v) is 8.34. The van der Waals surface area contributed by atoms with Gasteiger partial charge in [0.2, 0.25) is 5.91 Å². The fourth-order valence-corrected chi connectivity index (χ4v) is 2.74. The summed E-state index contributed by atoms with van der Waals surface area (Å²) in [5.41, 5.74) is 0.112. The molecule has 2 amide bonds. The first-order chi connectivity index (χ1) is 10.9. The Bertz CT molecular complexity index is 523. The lowest BCUT2D eigenvalue weighted by atomic mass is 9.89. The second-order valence-electron chi connectivity index (χ2n) is 5.89. The van der Waals surface area contributed by atoms with E-state index in [0.717, 1.165) is 12.8 Å². The van der Waals surface area contributed by atoms with Gasteiger partial charge in [-0.2, -0.15) is 0 Å². The molecule has 0 aliphatic heterocycles. The first-order valence-electron chi connectivity index (χ1n) is 8.34. The van der Waals surface area contributed by atoms with Gasteiger partial charge in [-0.25, -0.2) is 0 Å². The highest BCUT2D eigenvalue weighted by molar-refractivity contribution is 5.97. The monoisotopic (exact) mass is 320 g/mol. The number of benzene rings is 1. The first kappa shape index (κ1) is 19.2. The van der Waals surface area contributed by atoms with E-state index >= 15 is 0 Å². The van der Waals surface area contributed by atoms with Crippen molar-refractivity contribution < 1.29 is 14.7 Å². The van der Waals surface area contributed by atoms with Gasteiger partial charge in [-0.1, -0.05) is 32.8 Å². The molecule has 128 valence electrons. The van der Waals surface area contributed by atoms with Crippen LogP contribution in [0.5, 0.6) is 0 Å². The molecule has 0 bridgehead atoms. The highest BCUT2D eigenvalue weighted by atomic mass is 16.3. The fraction of sp³-hybridized carbons (Fsp3) is 0.556. The van der Waals surface area contributed by atoms with Crippen molar-refractivity contribution >= 4 is 17.5 Å². The molecule has 0 spiro atoms. The lowest BCUT2D eigenvalue weighted by Crippen LogP contribution is -2.33. The minimum Gasteiger partial charge on any atom is -0.389 e. The molecule has 0 aliphatic rings. The quantitative estimate of drug-likeness (QED) is 0.654. The predicted octanol–water partition coefficient (Wildman–Crippen LogP) is 3.10. The van der Waals surface area contributed by atoms with E-state index in [1.165, 1.54) is 0 Å². The van der Waals surface area contributed by atoms with Crippen LogP contribution in [0.4, 0.5) is 5.69 Å². The van der Waals surface area contributed by atoms with E-state index in [-0.39, 0.29) is 18.2 Å². The summed E-state index contributed by atoms with van der Waals surface area (Å²) in [5, 5.41) is 16.0. The van der Waals surface area contributed by atoms with Gasteiger partial charge >= 0.3 is 0 Å². The molecule has 0 radical (unpaired) electrons. The average molecular weight is 320 g/mol. The van der Waals surface area contributed by atoms with Gasteiger partial charge in [0.25, 0.3) is 5.91 Å². The van der Waals surface area contributed by atoms with Gasteiger partial charge in [-0.15, -0.1) is 0 Å². The van der Waals surface area contributed by atoms with E-state index in [2.05, 4.69) is 10.6 Å². The smallest absolute Gasteiger partial charge is 0.251 e. The fourth-order valence-electron chi connectivity index (χ4n) is 2.74. The number of rotatable bonds is 9. The third-order valence-electron chi connectivity index (χ3n) is 3.67. The lowest BCUT2D eigenvalue weighted by Gasteiger charge is -2.26. The van der Waals surface area contributed by atoms with Gasteiger partial charge in [0.05, 0.1) is 12.0 Å². The minimum atomic E-state index is -0.954. The SMILES string of the molecule is CCCC(O)(CCC)CC(=O)Nc1cccc(C(=O)NCC)c1. The van der Waals surface area contributed by atoms with Crippen LogP contribution in [-0.4, -0.2) is 29.1 Å². The molecule has 5 heteroatoms. The Hall–Kier alpha value is -1.88. The zero-order valence-corrected chi connectivity index (χ0v) is 14.3. The zero-order chi connectivity index (χ0) is 17.3. The maximum Gasteiger partial charge on any atom is 0.251 e. The number of carbonyl (C=O) groups excluding carboxylic acids is 2. The largest absolute Gasteiger partial charge is 0.389 e. The molecule has 0 saturated carbocycles. The molecule has 23 heavy (non-hydrogen) atoms. The molecule has 5 nitrogen and oxygen atoms in total. The van der Waals surface area contributed by atoms with Crippen LogP contribution in [0.2, 0.25) is 0 Å². The van der Waals surface area contributed by atoms with Crippen LogP contribution in [0.3, 0.4) is 0 Å². The van der Waals surface area contributed by atoms with Gasteiger partial charge in [-0.3, -0.25) is 9.59 Å². The Balaban J connectivity index is 2.73. The summed E-state index contributed by atoms with van der Waals surface area (Å²) in [6.07, 6.45) is 2.94. The summed E-state index contributed by atoms with van der Waals surface area (Å²) in [6, 6.07) is 6.80. The molecule has 0 atom stereocenters. The molecular formula is C18H28N2O3. The van der Waals surface area contributed by atoms with Crippen LogP contribution in [0, 0.1) is 0 Å². The summed E-state index contributed by atoms with van der Waals surface area (Å²) >= 11 is 0. The Morgan fingerprint density at radius 3 is 2.35 bits per heavy atom. The normalized spacial score (nSPS) is 11.1.